The molecule has 0 bridgehead atoms. The Morgan fingerprint density at radius 3 is 2.13 bits per heavy atom. The van der Waals surface area contributed by atoms with E-state index in [1.165, 1.54) is 28.8 Å². The van der Waals surface area contributed by atoms with Crippen molar-refractivity contribution in [2.24, 2.45) is 0 Å². The van der Waals surface area contributed by atoms with E-state index in [-0.39, 0.29) is 0 Å². The normalized spacial score (nSPS) is 15.1. The molecule has 0 atom stereocenters. The van der Waals surface area contributed by atoms with Crippen molar-refractivity contribution in [1.29, 1.82) is 0 Å². The molecule has 30 heavy (non-hydrogen) atoms. The minimum absolute atomic E-state index is 0.581. The summed E-state index contributed by atoms with van der Waals surface area (Å²) in [6.07, 6.45) is -0.499. The molecule has 1 nitrogen and oxygen atoms in total. The largest absolute Gasteiger partial charge is 0.416 e. The summed E-state index contributed by atoms with van der Waals surface area (Å²) in [6, 6.07) is 24.6. The van der Waals surface area contributed by atoms with Gasteiger partial charge < -0.3 is 0 Å². The van der Waals surface area contributed by atoms with E-state index in [4.69, 9.17) is 0 Å². The average Bonchev–Trinajstić information content (AvgIpc) is 2.78. The number of benzene rings is 3. The molecule has 0 N–H and O–H groups in total. The zero-order chi connectivity index (χ0) is 21.0. The summed E-state index contributed by atoms with van der Waals surface area (Å²) in [4.78, 5) is 2.35. The van der Waals surface area contributed by atoms with Crippen molar-refractivity contribution >= 4 is 5.57 Å². The summed E-state index contributed by atoms with van der Waals surface area (Å²) in [5.74, 6) is 0. The highest BCUT2D eigenvalue weighted by Gasteiger charge is 2.30. The Kier molecular flexibility index (Phi) is 6.05. The highest BCUT2D eigenvalue weighted by Crippen LogP contribution is 2.32. The average molecular weight is 407 g/mol. The molecule has 0 fully saturated rings. The predicted octanol–water partition coefficient (Wildman–Crippen LogP) is 6.70. The lowest BCUT2D eigenvalue weighted by Crippen LogP contribution is -2.30. The maximum atomic E-state index is 13.0. The molecule has 0 saturated carbocycles. The monoisotopic (exact) mass is 407 g/mol. The van der Waals surface area contributed by atoms with Gasteiger partial charge in [-0.1, -0.05) is 72.8 Å². The summed E-state index contributed by atoms with van der Waals surface area (Å²) < 4.78 is 38.9. The first-order valence-corrected chi connectivity index (χ1v) is 10.2. The van der Waals surface area contributed by atoms with Gasteiger partial charge in [0.25, 0.3) is 0 Å². The van der Waals surface area contributed by atoms with Gasteiger partial charge in [0.05, 0.1) is 5.56 Å². The van der Waals surface area contributed by atoms with Gasteiger partial charge in [-0.25, -0.2) is 0 Å². The van der Waals surface area contributed by atoms with Gasteiger partial charge in [0.1, 0.15) is 0 Å². The number of alkyl halides is 3. The highest BCUT2D eigenvalue weighted by molar-refractivity contribution is 5.67. The fourth-order valence-corrected chi connectivity index (χ4v) is 3.85. The first-order chi connectivity index (χ1) is 14.5. The van der Waals surface area contributed by atoms with E-state index >= 15 is 0 Å². The van der Waals surface area contributed by atoms with Gasteiger partial charge in [0, 0.05) is 19.6 Å². The van der Waals surface area contributed by atoms with Crippen LogP contribution >= 0.6 is 0 Å². The Morgan fingerprint density at radius 1 is 0.767 bits per heavy atom. The van der Waals surface area contributed by atoms with Crippen molar-refractivity contribution in [3.8, 4) is 11.1 Å². The van der Waals surface area contributed by atoms with Gasteiger partial charge in [0.2, 0.25) is 0 Å². The van der Waals surface area contributed by atoms with Crippen molar-refractivity contribution in [3.05, 3.63) is 102 Å². The molecular formula is C26H24F3N. The number of hydrogen-bond acceptors (Lipinski definition) is 1. The maximum Gasteiger partial charge on any atom is 0.416 e. The van der Waals surface area contributed by atoms with Crippen molar-refractivity contribution < 1.29 is 13.2 Å². The van der Waals surface area contributed by atoms with Gasteiger partial charge in [0.15, 0.2) is 0 Å². The van der Waals surface area contributed by atoms with Crippen LogP contribution in [0.25, 0.3) is 16.7 Å². The summed E-state index contributed by atoms with van der Waals surface area (Å²) in [6.45, 7) is 2.58. The van der Waals surface area contributed by atoms with Crippen molar-refractivity contribution in [1.82, 2.24) is 4.90 Å². The standard InChI is InChI=1S/C26H24F3N/c27-26(28,29)25-8-4-7-24(19-25)23-14-17-30(18-15-23)16-13-20-9-11-22(12-10-20)21-5-2-1-3-6-21/h1-12,14,19H,13,15-18H2. The molecule has 0 saturated heterocycles. The Balaban J connectivity index is 1.33. The molecule has 1 aliphatic rings. The van der Waals surface area contributed by atoms with Gasteiger partial charge in [-0.3, -0.25) is 4.90 Å². The quantitative estimate of drug-likeness (QED) is 0.455. The fourth-order valence-electron chi connectivity index (χ4n) is 3.85. The minimum Gasteiger partial charge on any atom is -0.299 e. The zero-order valence-electron chi connectivity index (χ0n) is 16.7. The van der Waals surface area contributed by atoms with E-state index in [0.29, 0.717) is 5.56 Å². The molecule has 4 heteroatoms. The summed E-state index contributed by atoms with van der Waals surface area (Å²) in [5.41, 5.74) is 4.83. The number of halogens is 3. The summed E-state index contributed by atoms with van der Waals surface area (Å²) in [7, 11) is 0. The van der Waals surface area contributed by atoms with Crippen LogP contribution in [-0.2, 0) is 12.6 Å². The molecule has 4 rings (SSSR count). The van der Waals surface area contributed by atoms with E-state index in [1.54, 1.807) is 6.07 Å². The van der Waals surface area contributed by atoms with E-state index < -0.39 is 11.7 Å². The lowest BCUT2D eigenvalue weighted by atomic mass is 9.97. The third-order valence-corrected chi connectivity index (χ3v) is 5.63. The molecule has 0 radical (unpaired) electrons. The molecule has 1 aliphatic heterocycles. The van der Waals surface area contributed by atoms with Gasteiger partial charge in [-0.15, -0.1) is 0 Å². The smallest absolute Gasteiger partial charge is 0.299 e. The summed E-state index contributed by atoms with van der Waals surface area (Å²) in [5, 5.41) is 0. The van der Waals surface area contributed by atoms with Crippen LogP contribution in [0.3, 0.4) is 0 Å². The lowest BCUT2D eigenvalue weighted by molar-refractivity contribution is -0.137. The van der Waals surface area contributed by atoms with Crippen molar-refractivity contribution in [2.75, 3.05) is 19.6 Å². The lowest BCUT2D eigenvalue weighted by Gasteiger charge is -2.26. The highest BCUT2D eigenvalue weighted by atomic mass is 19.4. The topological polar surface area (TPSA) is 3.24 Å². The van der Waals surface area contributed by atoms with E-state index in [9.17, 15) is 13.2 Å². The van der Waals surface area contributed by atoms with Gasteiger partial charge in [-0.2, -0.15) is 13.2 Å². The van der Waals surface area contributed by atoms with E-state index in [1.807, 2.05) is 18.2 Å². The Hall–Kier alpha value is -2.85. The van der Waals surface area contributed by atoms with Crippen LogP contribution in [0.2, 0.25) is 0 Å². The van der Waals surface area contributed by atoms with Crippen LogP contribution in [0.5, 0.6) is 0 Å². The minimum atomic E-state index is -4.30. The second-order valence-electron chi connectivity index (χ2n) is 7.67. The molecule has 3 aromatic rings. The molecular weight excluding hydrogens is 383 g/mol. The van der Waals surface area contributed by atoms with E-state index in [0.717, 1.165) is 44.1 Å². The number of hydrogen-bond donors (Lipinski definition) is 0. The molecule has 0 amide bonds. The SMILES string of the molecule is FC(F)(F)c1cccc(C2=CCN(CCc3ccc(-c4ccccc4)cc3)CC2)c1. The van der Waals surface area contributed by atoms with Gasteiger partial charge in [-0.05, 0) is 52.8 Å². The van der Waals surface area contributed by atoms with Crippen molar-refractivity contribution in [3.63, 3.8) is 0 Å². The van der Waals surface area contributed by atoms with Crippen LogP contribution in [-0.4, -0.2) is 24.5 Å². The van der Waals surface area contributed by atoms with Crippen LogP contribution in [0.4, 0.5) is 13.2 Å². The molecule has 0 aromatic heterocycles. The Labute approximate surface area is 175 Å². The Bertz CT molecular complexity index is 1000. The number of rotatable bonds is 5. The first-order valence-electron chi connectivity index (χ1n) is 10.2. The second kappa shape index (κ2) is 8.88. The maximum absolute atomic E-state index is 13.0. The molecule has 1 heterocycles. The molecule has 0 spiro atoms. The Morgan fingerprint density at radius 2 is 1.47 bits per heavy atom. The number of nitrogens with zero attached hydrogens (tertiary/aromatic N) is 1. The third-order valence-electron chi connectivity index (χ3n) is 5.63. The van der Waals surface area contributed by atoms with Crippen LogP contribution in [0.15, 0.2) is 84.9 Å². The van der Waals surface area contributed by atoms with Crippen LogP contribution < -0.4 is 0 Å². The summed E-state index contributed by atoms with van der Waals surface area (Å²) >= 11 is 0. The van der Waals surface area contributed by atoms with E-state index in [2.05, 4.69) is 47.4 Å². The van der Waals surface area contributed by atoms with Crippen molar-refractivity contribution in [2.45, 2.75) is 19.0 Å². The van der Waals surface area contributed by atoms with Crippen LogP contribution in [0, 0.1) is 0 Å². The molecule has 0 unspecified atom stereocenters. The predicted molar refractivity (Wildman–Crippen MR) is 116 cm³/mol. The molecule has 154 valence electrons. The third kappa shape index (κ3) is 5.00. The zero-order valence-corrected chi connectivity index (χ0v) is 16.7. The second-order valence-corrected chi connectivity index (χ2v) is 7.67. The molecule has 0 aliphatic carbocycles. The van der Waals surface area contributed by atoms with Crippen LogP contribution in [0.1, 0.15) is 23.1 Å². The molecule has 3 aromatic carbocycles. The fraction of sp³-hybridized carbons (Fsp3) is 0.231. The first kappa shape index (κ1) is 20.4. The van der Waals surface area contributed by atoms with Gasteiger partial charge >= 0.3 is 6.18 Å².